The lowest BCUT2D eigenvalue weighted by molar-refractivity contribution is -0.125. The normalized spacial score (nSPS) is 23.5. The zero-order chi connectivity index (χ0) is 11.4. The lowest BCUT2D eigenvalue weighted by Gasteiger charge is -2.36. The molecule has 1 heterocycles. The molecule has 0 aliphatic carbocycles. The average Bonchev–Trinajstić information content (AvgIpc) is 2.18. The van der Waals surface area contributed by atoms with Crippen LogP contribution in [0.3, 0.4) is 0 Å². The van der Waals surface area contributed by atoms with E-state index in [0.717, 1.165) is 13.0 Å². The fraction of sp³-hybridized carbons (Fsp3) is 0.917. The van der Waals surface area contributed by atoms with E-state index in [0.29, 0.717) is 12.1 Å². The van der Waals surface area contributed by atoms with Crippen LogP contribution in [0, 0.1) is 5.92 Å². The van der Waals surface area contributed by atoms with Gasteiger partial charge in [-0.15, -0.1) is 0 Å². The van der Waals surface area contributed by atoms with E-state index >= 15 is 0 Å². The van der Waals surface area contributed by atoms with Crippen molar-refractivity contribution in [1.82, 2.24) is 10.2 Å². The van der Waals surface area contributed by atoms with Crippen molar-refractivity contribution in [3.05, 3.63) is 0 Å². The van der Waals surface area contributed by atoms with Gasteiger partial charge in [0.05, 0.1) is 0 Å². The Kier molecular flexibility index (Phi) is 4.58. The zero-order valence-corrected chi connectivity index (χ0v) is 10.4. The summed E-state index contributed by atoms with van der Waals surface area (Å²) < 4.78 is 0. The van der Waals surface area contributed by atoms with Crippen molar-refractivity contribution in [2.75, 3.05) is 13.1 Å². The quantitative estimate of drug-likeness (QED) is 0.771. The molecule has 1 saturated heterocycles. The molecule has 0 aromatic heterocycles. The summed E-state index contributed by atoms with van der Waals surface area (Å²) in [6.45, 7) is 10.5. The lowest BCUT2D eigenvalue weighted by Crippen LogP contribution is -2.50. The first-order valence-electron chi connectivity index (χ1n) is 6.05. The van der Waals surface area contributed by atoms with E-state index < -0.39 is 0 Å². The fourth-order valence-electron chi connectivity index (χ4n) is 1.96. The van der Waals surface area contributed by atoms with Crippen molar-refractivity contribution in [2.24, 2.45) is 5.92 Å². The standard InChI is InChI=1S/C12H24N2O/c1-9(2)12(15)13-11-6-5-7-14(8-11)10(3)4/h9-11H,5-8H2,1-4H3,(H,13,15). The Labute approximate surface area is 93.2 Å². The molecular formula is C12H24N2O. The van der Waals surface area contributed by atoms with Gasteiger partial charge in [-0.05, 0) is 33.2 Å². The van der Waals surface area contributed by atoms with E-state index in [-0.39, 0.29) is 11.8 Å². The van der Waals surface area contributed by atoms with Crippen LogP contribution in [0.4, 0.5) is 0 Å². The van der Waals surface area contributed by atoms with Crippen molar-refractivity contribution in [3.63, 3.8) is 0 Å². The molecule has 3 nitrogen and oxygen atoms in total. The summed E-state index contributed by atoms with van der Waals surface area (Å²) in [6.07, 6.45) is 2.32. The summed E-state index contributed by atoms with van der Waals surface area (Å²) in [5.41, 5.74) is 0. The summed E-state index contributed by atoms with van der Waals surface area (Å²) in [6, 6.07) is 0.944. The Bertz CT molecular complexity index is 214. The summed E-state index contributed by atoms with van der Waals surface area (Å²) in [4.78, 5) is 14.0. The average molecular weight is 212 g/mol. The van der Waals surface area contributed by atoms with Crippen LogP contribution >= 0.6 is 0 Å². The van der Waals surface area contributed by atoms with Crippen LogP contribution in [0.5, 0.6) is 0 Å². The molecule has 1 aliphatic heterocycles. The predicted octanol–water partition coefficient (Wildman–Crippen LogP) is 1.63. The number of nitrogens with one attached hydrogen (secondary N) is 1. The molecule has 0 aromatic rings. The van der Waals surface area contributed by atoms with Gasteiger partial charge in [-0.1, -0.05) is 13.8 Å². The second-order valence-electron chi connectivity index (χ2n) is 5.09. The topological polar surface area (TPSA) is 32.3 Å². The van der Waals surface area contributed by atoms with Crippen LogP contribution in [0.25, 0.3) is 0 Å². The third-order valence-electron chi connectivity index (χ3n) is 3.05. The van der Waals surface area contributed by atoms with E-state index in [1.54, 1.807) is 0 Å². The molecule has 0 saturated carbocycles. The maximum absolute atomic E-state index is 11.6. The van der Waals surface area contributed by atoms with E-state index in [1.807, 2.05) is 13.8 Å². The van der Waals surface area contributed by atoms with Crippen molar-refractivity contribution < 1.29 is 4.79 Å². The Morgan fingerprint density at radius 3 is 2.53 bits per heavy atom. The van der Waals surface area contributed by atoms with Crippen LogP contribution < -0.4 is 5.32 Å². The molecule has 1 aliphatic rings. The number of likely N-dealkylation sites (tertiary alicyclic amines) is 1. The summed E-state index contributed by atoms with van der Waals surface area (Å²) in [5, 5.41) is 3.12. The van der Waals surface area contributed by atoms with Crippen molar-refractivity contribution >= 4 is 5.91 Å². The molecule has 1 fully saturated rings. The molecule has 1 unspecified atom stereocenters. The minimum atomic E-state index is 0.0967. The maximum atomic E-state index is 11.6. The monoisotopic (exact) mass is 212 g/mol. The molecule has 1 atom stereocenters. The molecule has 0 radical (unpaired) electrons. The van der Waals surface area contributed by atoms with E-state index in [2.05, 4.69) is 24.1 Å². The first kappa shape index (κ1) is 12.5. The maximum Gasteiger partial charge on any atom is 0.222 e. The van der Waals surface area contributed by atoms with E-state index in [9.17, 15) is 4.79 Å². The highest BCUT2D eigenvalue weighted by molar-refractivity contribution is 5.78. The second kappa shape index (κ2) is 5.50. The first-order valence-corrected chi connectivity index (χ1v) is 6.05. The minimum absolute atomic E-state index is 0.0967. The van der Waals surface area contributed by atoms with Gasteiger partial charge in [-0.3, -0.25) is 9.69 Å². The molecule has 0 bridgehead atoms. The van der Waals surface area contributed by atoms with Crippen molar-refractivity contribution in [3.8, 4) is 0 Å². The number of amides is 1. The minimum Gasteiger partial charge on any atom is -0.352 e. The highest BCUT2D eigenvalue weighted by atomic mass is 16.1. The Morgan fingerprint density at radius 2 is 2.00 bits per heavy atom. The molecule has 3 heteroatoms. The van der Waals surface area contributed by atoms with Gasteiger partial charge < -0.3 is 5.32 Å². The molecule has 15 heavy (non-hydrogen) atoms. The largest absolute Gasteiger partial charge is 0.352 e. The van der Waals surface area contributed by atoms with Gasteiger partial charge in [0.2, 0.25) is 5.91 Å². The highest BCUT2D eigenvalue weighted by Crippen LogP contribution is 2.13. The van der Waals surface area contributed by atoms with Gasteiger partial charge in [0, 0.05) is 24.5 Å². The van der Waals surface area contributed by atoms with E-state index in [4.69, 9.17) is 0 Å². The number of nitrogens with zero attached hydrogens (tertiary/aromatic N) is 1. The zero-order valence-electron chi connectivity index (χ0n) is 10.4. The first-order chi connectivity index (χ1) is 7.00. The van der Waals surface area contributed by atoms with Crippen LogP contribution in [0.1, 0.15) is 40.5 Å². The number of rotatable bonds is 3. The molecular weight excluding hydrogens is 188 g/mol. The molecule has 0 spiro atoms. The third-order valence-corrected chi connectivity index (χ3v) is 3.05. The Hall–Kier alpha value is -0.570. The number of carbonyl (C=O) groups is 1. The highest BCUT2D eigenvalue weighted by Gasteiger charge is 2.23. The SMILES string of the molecule is CC(C)C(=O)NC1CCCN(C(C)C)C1. The summed E-state index contributed by atoms with van der Waals surface area (Å²) >= 11 is 0. The summed E-state index contributed by atoms with van der Waals surface area (Å²) in [5.74, 6) is 0.282. The lowest BCUT2D eigenvalue weighted by atomic mass is 10.0. The van der Waals surface area contributed by atoms with Gasteiger partial charge in [0.15, 0.2) is 0 Å². The van der Waals surface area contributed by atoms with Crippen LogP contribution in [0.2, 0.25) is 0 Å². The molecule has 0 aromatic carbocycles. The van der Waals surface area contributed by atoms with Gasteiger partial charge >= 0.3 is 0 Å². The fourth-order valence-corrected chi connectivity index (χ4v) is 1.96. The molecule has 1 amide bonds. The van der Waals surface area contributed by atoms with E-state index in [1.165, 1.54) is 13.0 Å². The number of hydrogen-bond donors (Lipinski definition) is 1. The number of piperidine rings is 1. The van der Waals surface area contributed by atoms with Gasteiger partial charge in [0.25, 0.3) is 0 Å². The van der Waals surface area contributed by atoms with Crippen LogP contribution in [0.15, 0.2) is 0 Å². The smallest absolute Gasteiger partial charge is 0.222 e. The van der Waals surface area contributed by atoms with Crippen molar-refractivity contribution in [2.45, 2.75) is 52.6 Å². The second-order valence-corrected chi connectivity index (χ2v) is 5.09. The van der Waals surface area contributed by atoms with Crippen LogP contribution in [-0.4, -0.2) is 36.0 Å². The van der Waals surface area contributed by atoms with Gasteiger partial charge in [-0.25, -0.2) is 0 Å². The van der Waals surface area contributed by atoms with Crippen molar-refractivity contribution in [1.29, 1.82) is 0 Å². The Balaban J connectivity index is 2.39. The Morgan fingerprint density at radius 1 is 1.33 bits per heavy atom. The van der Waals surface area contributed by atoms with Crippen LogP contribution in [-0.2, 0) is 4.79 Å². The number of carbonyl (C=O) groups excluding carboxylic acids is 1. The predicted molar refractivity (Wildman–Crippen MR) is 62.7 cm³/mol. The van der Waals surface area contributed by atoms with Gasteiger partial charge in [-0.2, -0.15) is 0 Å². The van der Waals surface area contributed by atoms with Gasteiger partial charge in [0.1, 0.15) is 0 Å². The number of hydrogen-bond acceptors (Lipinski definition) is 2. The third kappa shape index (κ3) is 3.82. The molecule has 88 valence electrons. The molecule has 1 N–H and O–H groups in total. The molecule has 1 rings (SSSR count). The summed E-state index contributed by atoms with van der Waals surface area (Å²) in [7, 11) is 0.